The summed E-state index contributed by atoms with van der Waals surface area (Å²) in [5.41, 5.74) is 0. The minimum absolute atomic E-state index is 0.00570. The van der Waals surface area contributed by atoms with E-state index in [9.17, 15) is 9.59 Å². The maximum Gasteiger partial charge on any atom is 0.305 e. The number of methoxy groups -OCH3 is 1. The molecule has 1 N–H and O–H groups in total. The molecule has 0 aromatic carbocycles. The fourth-order valence-corrected chi connectivity index (χ4v) is 1.44. The van der Waals surface area contributed by atoms with Crippen molar-refractivity contribution in [3.8, 4) is 0 Å². The number of aliphatic carboxylic acids is 1. The van der Waals surface area contributed by atoms with E-state index in [0.29, 0.717) is 6.61 Å². The Balaban J connectivity index is 4.40. The second-order valence-corrected chi connectivity index (χ2v) is 4.13. The van der Waals surface area contributed by atoms with Gasteiger partial charge in [0.2, 0.25) is 5.91 Å². The molecule has 0 fully saturated rings. The normalized spacial score (nSPS) is 12.6. The van der Waals surface area contributed by atoms with Crippen molar-refractivity contribution in [2.45, 2.75) is 33.2 Å². The summed E-state index contributed by atoms with van der Waals surface area (Å²) < 4.78 is 4.92. The molecule has 0 heterocycles. The van der Waals surface area contributed by atoms with E-state index in [0.717, 1.165) is 0 Å². The van der Waals surface area contributed by atoms with E-state index in [1.165, 1.54) is 0 Å². The quantitative estimate of drug-likeness (QED) is 0.709. The highest BCUT2D eigenvalue weighted by Crippen LogP contribution is 2.08. The van der Waals surface area contributed by atoms with E-state index < -0.39 is 5.97 Å². The lowest BCUT2D eigenvalue weighted by atomic mass is 10.1. The Bertz CT molecular complexity index is 240. The summed E-state index contributed by atoms with van der Waals surface area (Å²) in [7, 11) is 1.54. The average molecular weight is 231 g/mol. The Morgan fingerprint density at radius 1 is 1.31 bits per heavy atom. The van der Waals surface area contributed by atoms with Crippen molar-refractivity contribution in [1.29, 1.82) is 0 Å². The summed E-state index contributed by atoms with van der Waals surface area (Å²) in [6.07, 6.45) is -0.0242. The van der Waals surface area contributed by atoms with Gasteiger partial charge in [0.05, 0.1) is 18.9 Å². The van der Waals surface area contributed by atoms with Gasteiger partial charge in [0, 0.05) is 19.7 Å². The van der Waals surface area contributed by atoms with Crippen molar-refractivity contribution in [3.63, 3.8) is 0 Å². The second kappa shape index (κ2) is 7.22. The van der Waals surface area contributed by atoms with E-state index in [2.05, 4.69) is 0 Å². The van der Waals surface area contributed by atoms with Crippen molar-refractivity contribution in [3.05, 3.63) is 0 Å². The highest BCUT2D eigenvalue weighted by Gasteiger charge is 2.22. The predicted octanol–water partition coefficient (Wildman–Crippen LogP) is 0.981. The fourth-order valence-electron chi connectivity index (χ4n) is 1.44. The van der Waals surface area contributed by atoms with Crippen LogP contribution in [0.15, 0.2) is 0 Å². The van der Waals surface area contributed by atoms with Crippen molar-refractivity contribution in [2.75, 3.05) is 20.3 Å². The van der Waals surface area contributed by atoms with E-state index >= 15 is 0 Å². The molecule has 16 heavy (non-hydrogen) atoms. The first-order chi connectivity index (χ1) is 7.40. The van der Waals surface area contributed by atoms with Crippen LogP contribution in [-0.4, -0.2) is 48.2 Å². The largest absolute Gasteiger partial charge is 0.481 e. The number of ether oxygens (including phenoxy) is 1. The Labute approximate surface area is 96.4 Å². The third kappa shape index (κ3) is 5.11. The molecule has 0 aromatic heterocycles. The molecule has 0 aliphatic heterocycles. The zero-order valence-electron chi connectivity index (χ0n) is 10.4. The molecule has 0 spiro atoms. The summed E-state index contributed by atoms with van der Waals surface area (Å²) in [6, 6.07) is 0.00570. The maximum absolute atomic E-state index is 11.9. The smallest absolute Gasteiger partial charge is 0.305 e. The van der Waals surface area contributed by atoms with Crippen molar-refractivity contribution in [2.24, 2.45) is 5.92 Å². The van der Waals surface area contributed by atoms with Crippen molar-refractivity contribution >= 4 is 11.9 Å². The SMILES string of the molecule is COCC(C)C(=O)N(CCC(=O)O)C(C)C. The van der Waals surface area contributed by atoms with Crippen LogP contribution in [-0.2, 0) is 14.3 Å². The lowest BCUT2D eigenvalue weighted by Crippen LogP contribution is -2.42. The number of rotatable bonds is 7. The molecule has 1 unspecified atom stereocenters. The van der Waals surface area contributed by atoms with Gasteiger partial charge < -0.3 is 14.7 Å². The molecule has 0 radical (unpaired) electrons. The van der Waals surface area contributed by atoms with Gasteiger partial charge >= 0.3 is 5.97 Å². The van der Waals surface area contributed by atoms with Crippen LogP contribution >= 0.6 is 0 Å². The number of carbonyl (C=O) groups excluding carboxylic acids is 1. The monoisotopic (exact) mass is 231 g/mol. The molecular formula is C11H21NO4. The van der Waals surface area contributed by atoms with Crippen LogP contribution in [0, 0.1) is 5.92 Å². The topological polar surface area (TPSA) is 66.8 Å². The van der Waals surface area contributed by atoms with E-state index in [4.69, 9.17) is 9.84 Å². The Morgan fingerprint density at radius 2 is 1.88 bits per heavy atom. The highest BCUT2D eigenvalue weighted by atomic mass is 16.5. The Kier molecular flexibility index (Phi) is 6.72. The predicted molar refractivity (Wildman–Crippen MR) is 60.1 cm³/mol. The summed E-state index contributed by atoms with van der Waals surface area (Å²) in [6.45, 7) is 6.13. The minimum Gasteiger partial charge on any atom is -0.481 e. The molecule has 0 aliphatic rings. The molecule has 0 aliphatic carbocycles. The van der Waals surface area contributed by atoms with Crippen LogP contribution < -0.4 is 0 Å². The molecule has 5 nitrogen and oxygen atoms in total. The average Bonchev–Trinajstić information content (AvgIpc) is 2.17. The maximum atomic E-state index is 11.9. The molecule has 0 saturated carbocycles. The zero-order valence-corrected chi connectivity index (χ0v) is 10.4. The first kappa shape index (κ1) is 14.9. The summed E-state index contributed by atoms with van der Waals surface area (Å²) in [5.74, 6) is -1.18. The zero-order chi connectivity index (χ0) is 12.7. The van der Waals surface area contributed by atoms with Gasteiger partial charge in [-0.05, 0) is 13.8 Å². The number of nitrogens with zero attached hydrogens (tertiary/aromatic N) is 1. The van der Waals surface area contributed by atoms with Gasteiger partial charge in [-0.15, -0.1) is 0 Å². The van der Waals surface area contributed by atoms with Crippen LogP contribution in [0.5, 0.6) is 0 Å². The van der Waals surface area contributed by atoms with Crippen LogP contribution in [0.2, 0.25) is 0 Å². The Morgan fingerprint density at radius 3 is 2.25 bits per heavy atom. The van der Waals surface area contributed by atoms with E-state index in [1.807, 2.05) is 13.8 Å². The summed E-state index contributed by atoms with van der Waals surface area (Å²) in [5, 5.41) is 8.61. The fraction of sp³-hybridized carbons (Fsp3) is 0.818. The van der Waals surface area contributed by atoms with Gasteiger partial charge in [0.15, 0.2) is 0 Å². The van der Waals surface area contributed by atoms with Gasteiger partial charge in [-0.3, -0.25) is 9.59 Å². The number of carboxylic acids is 1. The summed E-state index contributed by atoms with van der Waals surface area (Å²) in [4.78, 5) is 24.0. The van der Waals surface area contributed by atoms with Gasteiger partial charge in [0.1, 0.15) is 0 Å². The molecule has 0 bridgehead atoms. The molecule has 1 atom stereocenters. The lowest BCUT2D eigenvalue weighted by Gasteiger charge is -2.28. The second-order valence-electron chi connectivity index (χ2n) is 4.13. The van der Waals surface area contributed by atoms with Gasteiger partial charge in [0.25, 0.3) is 0 Å². The molecular weight excluding hydrogens is 210 g/mol. The van der Waals surface area contributed by atoms with Crippen molar-refractivity contribution < 1.29 is 19.4 Å². The highest BCUT2D eigenvalue weighted by molar-refractivity contribution is 5.79. The molecule has 94 valence electrons. The van der Waals surface area contributed by atoms with E-state index in [1.54, 1.807) is 18.9 Å². The van der Waals surface area contributed by atoms with Gasteiger partial charge in [-0.25, -0.2) is 0 Å². The lowest BCUT2D eigenvalue weighted by molar-refractivity contribution is -0.141. The first-order valence-corrected chi connectivity index (χ1v) is 5.41. The van der Waals surface area contributed by atoms with Crippen LogP contribution in [0.1, 0.15) is 27.2 Å². The van der Waals surface area contributed by atoms with Crippen LogP contribution in [0.3, 0.4) is 0 Å². The number of hydrogen-bond donors (Lipinski definition) is 1. The van der Waals surface area contributed by atoms with Crippen molar-refractivity contribution in [1.82, 2.24) is 4.90 Å². The molecule has 1 amide bonds. The third-order valence-electron chi connectivity index (χ3n) is 2.31. The van der Waals surface area contributed by atoms with Crippen LogP contribution in [0.25, 0.3) is 0 Å². The number of carbonyl (C=O) groups is 2. The Hall–Kier alpha value is -1.10. The third-order valence-corrected chi connectivity index (χ3v) is 2.31. The molecule has 0 saturated heterocycles. The molecule has 0 rings (SSSR count). The van der Waals surface area contributed by atoms with Gasteiger partial charge in [-0.2, -0.15) is 0 Å². The molecule has 5 heteroatoms. The number of carboxylic acid groups (broad SMARTS) is 1. The number of hydrogen-bond acceptors (Lipinski definition) is 3. The molecule has 0 aromatic rings. The standard InChI is InChI=1S/C11H21NO4/c1-8(2)12(6-5-10(13)14)11(15)9(3)7-16-4/h8-9H,5-7H2,1-4H3,(H,13,14). The number of amides is 1. The summed E-state index contributed by atoms with van der Waals surface area (Å²) >= 11 is 0. The van der Waals surface area contributed by atoms with Crippen LogP contribution in [0.4, 0.5) is 0 Å². The van der Waals surface area contributed by atoms with E-state index in [-0.39, 0.29) is 30.8 Å². The van der Waals surface area contributed by atoms with Gasteiger partial charge in [-0.1, -0.05) is 6.92 Å². The minimum atomic E-state index is -0.891. The first-order valence-electron chi connectivity index (χ1n) is 5.41.